The van der Waals surface area contributed by atoms with Crippen molar-refractivity contribution in [2.45, 2.75) is 18.9 Å². The molecule has 0 radical (unpaired) electrons. The molecule has 0 spiro atoms. The van der Waals surface area contributed by atoms with E-state index in [0.29, 0.717) is 12.8 Å². The van der Waals surface area contributed by atoms with Crippen LogP contribution in [0.5, 0.6) is 11.5 Å². The molecule has 0 heterocycles. The molecule has 0 aliphatic rings. The van der Waals surface area contributed by atoms with Crippen LogP contribution in [0.1, 0.15) is 24.4 Å². The Bertz CT molecular complexity index is 420. The predicted molar refractivity (Wildman–Crippen MR) is 72.6 cm³/mol. The molecule has 1 aromatic rings. The fourth-order valence-corrected chi connectivity index (χ4v) is 1.93. The standard InChI is InChI=1S/C14H21NO4/c1-15-12(7-8-14(16)19-4)11-6-5-10(17-2)9-13(11)18-3/h5-6,9,12,15H,7-8H2,1-4H3. The van der Waals surface area contributed by atoms with Crippen LogP contribution in [-0.2, 0) is 9.53 Å². The van der Waals surface area contributed by atoms with Crippen molar-refractivity contribution in [3.8, 4) is 11.5 Å². The zero-order valence-corrected chi connectivity index (χ0v) is 11.9. The molecule has 19 heavy (non-hydrogen) atoms. The van der Waals surface area contributed by atoms with Crippen LogP contribution >= 0.6 is 0 Å². The summed E-state index contributed by atoms with van der Waals surface area (Å²) in [6.45, 7) is 0. The number of hydrogen-bond acceptors (Lipinski definition) is 5. The van der Waals surface area contributed by atoms with E-state index in [-0.39, 0.29) is 12.0 Å². The number of ether oxygens (including phenoxy) is 3. The molecule has 1 rings (SSSR count). The molecule has 1 aromatic carbocycles. The molecule has 5 heteroatoms. The Morgan fingerprint density at radius 3 is 2.53 bits per heavy atom. The lowest BCUT2D eigenvalue weighted by atomic mass is 10.0. The molecule has 5 nitrogen and oxygen atoms in total. The van der Waals surface area contributed by atoms with Crippen molar-refractivity contribution in [1.29, 1.82) is 0 Å². The number of rotatable bonds is 7. The highest BCUT2D eigenvalue weighted by molar-refractivity contribution is 5.69. The number of hydrogen-bond donors (Lipinski definition) is 1. The summed E-state index contributed by atoms with van der Waals surface area (Å²) in [5, 5.41) is 3.18. The molecule has 0 aliphatic carbocycles. The third-order valence-corrected chi connectivity index (χ3v) is 3.03. The Kier molecular flexibility index (Phi) is 6.15. The van der Waals surface area contributed by atoms with E-state index in [0.717, 1.165) is 17.1 Å². The zero-order chi connectivity index (χ0) is 14.3. The maximum absolute atomic E-state index is 11.2. The van der Waals surface area contributed by atoms with Crippen LogP contribution in [0.4, 0.5) is 0 Å². The van der Waals surface area contributed by atoms with Gasteiger partial charge >= 0.3 is 5.97 Å². The first kappa shape index (κ1) is 15.3. The van der Waals surface area contributed by atoms with Crippen molar-refractivity contribution in [2.24, 2.45) is 0 Å². The highest BCUT2D eigenvalue weighted by atomic mass is 16.5. The van der Waals surface area contributed by atoms with Crippen molar-refractivity contribution in [2.75, 3.05) is 28.4 Å². The van der Waals surface area contributed by atoms with E-state index >= 15 is 0 Å². The topological polar surface area (TPSA) is 56.8 Å². The van der Waals surface area contributed by atoms with Gasteiger partial charge in [-0.05, 0) is 19.5 Å². The van der Waals surface area contributed by atoms with Gasteiger partial charge in [-0.3, -0.25) is 4.79 Å². The maximum atomic E-state index is 11.2. The van der Waals surface area contributed by atoms with Gasteiger partial charge in [-0.1, -0.05) is 6.07 Å². The van der Waals surface area contributed by atoms with E-state index in [2.05, 4.69) is 10.1 Å². The summed E-state index contributed by atoms with van der Waals surface area (Å²) in [5.41, 5.74) is 0.995. The third kappa shape index (κ3) is 4.13. The number of methoxy groups -OCH3 is 3. The highest BCUT2D eigenvalue weighted by Gasteiger charge is 2.16. The van der Waals surface area contributed by atoms with Gasteiger partial charge in [0.25, 0.3) is 0 Å². The number of benzene rings is 1. The van der Waals surface area contributed by atoms with Gasteiger partial charge in [-0.25, -0.2) is 0 Å². The Morgan fingerprint density at radius 1 is 1.26 bits per heavy atom. The molecular formula is C14H21NO4. The Labute approximate surface area is 113 Å². The van der Waals surface area contributed by atoms with E-state index in [9.17, 15) is 4.79 Å². The lowest BCUT2D eigenvalue weighted by molar-refractivity contribution is -0.140. The van der Waals surface area contributed by atoms with Gasteiger partial charge in [0.05, 0.1) is 21.3 Å². The highest BCUT2D eigenvalue weighted by Crippen LogP contribution is 2.31. The molecular weight excluding hydrogens is 246 g/mol. The number of nitrogens with one attached hydrogen (secondary N) is 1. The van der Waals surface area contributed by atoms with Gasteiger partial charge in [-0.15, -0.1) is 0 Å². The molecule has 1 N–H and O–H groups in total. The summed E-state index contributed by atoms with van der Waals surface area (Å²) in [6, 6.07) is 5.67. The van der Waals surface area contributed by atoms with E-state index in [1.165, 1.54) is 7.11 Å². The zero-order valence-electron chi connectivity index (χ0n) is 11.9. The molecule has 0 bridgehead atoms. The van der Waals surface area contributed by atoms with Gasteiger partial charge in [0.1, 0.15) is 11.5 Å². The molecule has 1 atom stereocenters. The van der Waals surface area contributed by atoms with Crippen LogP contribution in [0.3, 0.4) is 0 Å². The average Bonchev–Trinajstić information content (AvgIpc) is 2.47. The van der Waals surface area contributed by atoms with Crippen LogP contribution < -0.4 is 14.8 Å². The van der Waals surface area contributed by atoms with Gasteiger partial charge < -0.3 is 19.5 Å². The summed E-state index contributed by atoms with van der Waals surface area (Å²) < 4.78 is 15.2. The van der Waals surface area contributed by atoms with Crippen molar-refractivity contribution < 1.29 is 19.0 Å². The fraction of sp³-hybridized carbons (Fsp3) is 0.500. The molecule has 106 valence electrons. The molecule has 0 aromatic heterocycles. The summed E-state index contributed by atoms with van der Waals surface area (Å²) in [6.07, 6.45) is 1.00. The maximum Gasteiger partial charge on any atom is 0.305 e. The lowest BCUT2D eigenvalue weighted by Crippen LogP contribution is -2.18. The smallest absolute Gasteiger partial charge is 0.305 e. The van der Waals surface area contributed by atoms with E-state index in [4.69, 9.17) is 9.47 Å². The van der Waals surface area contributed by atoms with Crippen molar-refractivity contribution in [1.82, 2.24) is 5.32 Å². The van der Waals surface area contributed by atoms with Gasteiger partial charge in [0.2, 0.25) is 0 Å². The predicted octanol–water partition coefficient (Wildman–Crippen LogP) is 1.92. The molecule has 0 aliphatic heterocycles. The Hall–Kier alpha value is -1.75. The second kappa shape index (κ2) is 7.63. The fourth-order valence-electron chi connectivity index (χ4n) is 1.93. The van der Waals surface area contributed by atoms with Crippen LogP contribution in [0.2, 0.25) is 0 Å². The monoisotopic (exact) mass is 267 g/mol. The minimum atomic E-state index is -0.215. The normalized spacial score (nSPS) is 11.8. The molecule has 0 amide bonds. The van der Waals surface area contributed by atoms with Crippen LogP contribution in [0, 0.1) is 0 Å². The Morgan fingerprint density at radius 2 is 2.00 bits per heavy atom. The first-order valence-corrected chi connectivity index (χ1v) is 6.12. The first-order valence-electron chi connectivity index (χ1n) is 6.12. The van der Waals surface area contributed by atoms with Gasteiger partial charge in [0.15, 0.2) is 0 Å². The molecule has 0 saturated carbocycles. The second-order valence-electron chi connectivity index (χ2n) is 4.06. The SMILES string of the molecule is CNC(CCC(=O)OC)c1ccc(OC)cc1OC. The van der Waals surface area contributed by atoms with Crippen LogP contribution in [-0.4, -0.2) is 34.3 Å². The van der Waals surface area contributed by atoms with E-state index in [1.807, 2.05) is 25.2 Å². The van der Waals surface area contributed by atoms with Crippen molar-refractivity contribution >= 4 is 5.97 Å². The molecule has 0 fully saturated rings. The van der Waals surface area contributed by atoms with E-state index in [1.54, 1.807) is 14.2 Å². The van der Waals surface area contributed by atoms with Gasteiger partial charge in [-0.2, -0.15) is 0 Å². The van der Waals surface area contributed by atoms with Crippen LogP contribution in [0.15, 0.2) is 18.2 Å². The summed E-state index contributed by atoms with van der Waals surface area (Å²) >= 11 is 0. The summed E-state index contributed by atoms with van der Waals surface area (Å²) in [4.78, 5) is 11.2. The third-order valence-electron chi connectivity index (χ3n) is 3.03. The quantitative estimate of drug-likeness (QED) is 0.765. The summed E-state index contributed by atoms with van der Waals surface area (Å²) in [5.74, 6) is 1.26. The Balaban J connectivity index is 2.88. The molecule has 0 saturated heterocycles. The minimum Gasteiger partial charge on any atom is -0.497 e. The molecule has 1 unspecified atom stereocenters. The summed E-state index contributed by atoms with van der Waals surface area (Å²) in [7, 11) is 6.48. The number of esters is 1. The first-order chi connectivity index (χ1) is 9.15. The van der Waals surface area contributed by atoms with E-state index < -0.39 is 0 Å². The van der Waals surface area contributed by atoms with Crippen LogP contribution in [0.25, 0.3) is 0 Å². The van der Waals surface area contributed by atoms with Crippen molar-refractivity contribution in [3.05, 3.63) is 23.8 Å². The van der Waals surface area contributed by atoms with Gasteiger partial charge in [0, 0.05) is 24.1 Å². The largest absolute Gasteiger partial charge is 0.497 e. The minimum absolute atomic E-state index is 0.0277. The lowest BCUT2D eigenvalue weighted by Gasteiger charge is -2.19. The average molecular weight is 267 g/mol. The number of carbonyl (C=O) groups is 1. The van der Waals surface area contributed by atoms with Crippen molar-refractivity contribution in [3.63, 3.8) is 0 Å². The number of carbonyl (C=O) groups excluding carboxylic acids is 1. The second-order valence-corrected chi connectivity index (χ2v) is 4.06.